The summed E-state index contributed by atoms with van der Waals surface area (Å²) >= 11 is 3.32. The Morgan fingerprint density at radius 2 is 2.04 bits per heavy atom. The van der Waals surface area contributed by atoms with Gasteiger partial charge in [-0.25, -0.2) is 9.78 Å². The first-order valence-corrected chi connectivity index (χ1v) is 9.40. The third kappa shape index (κ3) is 5.96. The van der Waals surface area contributed by atoms with Gasteiger partial charge < -0.3 is 19.7 Å². The summed E-state index contributed by atoms with van der Waals surface area (Å²) in [5, 5.41) is 2.49. The first-order chi connectivity index (χ1) is 13.1. The fraction of sp³-hybridized carbons (Fsp3) is 0.316. The molecule has 0 spiro atoms. The summed E-state index contributed by atoms with van der Waals surface area (Å²) in [7, 11) is 0. The van der Waals surface area contributed by atoms with Gasteiger partial charge in [0.25, 0.3) is 0 Å². The number of alkyl carbamates (subject to hydrolysis) is 1. The third-order valence-corrected chi connectivity index (χ3v) is 4.55. The van der Waals surface area contributed by atoms with Gasteiger partial charge in [0.05, 0.1) is 6.54 Å². The number of rotatable bonds is 6. The monoisotopic (exact) mass is 433 g/mol. The summed E-state index contributed by atoms with van der Waals surface area (Å²) in [5.74, 6) is 0.363. The Kier molecular flexibility index (Phi) is 6.64. The molecule has 3 rings (SSSR count). The maximum absolute atomic E-state index is 12.2. The lowest BCUT2D eigenvalue weighted by Gasteiger charge is -2.17. The zero-order valence-electron chi connectivity index (χ0n) is 14.6. The SMILES string of the molecule is O=C(NCC(=O)N1CCC(Oc2ccc(Br)cn2)C1)OCc1ccccc1. The van der Waals surface area contributed by atoms with Crippen LogP contribution in [0.15, 0.2) is 53.1 Å². The third-order valence-electron chi connectivity index (χ3n) is 4.08. The van der Waals surface area contributed by atoms with Gasteiger partial charge >= 0.3 is 6.09 Å². The van der Waals surface area contributed by atoms with Crippen LogP contribution in [-0.2, 0) is 16.1 Å². The van der Waals surface area contributed by atoms with Crippen LogP contribution in [-0.4, -0.2) is 47.6 Å². The summed E-state index contributed by atoms with van der Waals surface area (Å²) in [6.45, 7) is 1.12. The number of benzene rings is 1. The van der Waals surface area contributed by atoms with Crippen molar-refractivity contribution in [3.05, 3.63) is 58.7 Å². The van der Waals surface area contributed by atoms with Crippen LogP contribution in [0.5, 0.6) is 5.88 Å². The molecular formula is C19H20BrN3O4. The highest BCUT2D eigenvalue weighted by atomic mass is 79.9. The number of carbonyl (C=O) groups excluding carboxylic acids is 2. The largest absolute Gasteiger partial charge is 0.472 e. The minimum absolute atomic E-state index is 0.100. The van der Waals surface area contributed by atoms with Gasteiger partial charge in [0.15, 0.2) is 0 Å². The van der Waals surface area contributed by atoms with Crippen LogP contribution in [0.2, 0.25) is 0 Å². The Labute approximate surface area is 165 Å². The molecule has 2 amide bonds. The average Bonchev–Trinajstić information content (AvgIpc) is 3.16. The molecule has 1 aromatic carbocycles. The van der Waals surface area contributed by atoms with E-state index in [-0.39, 0.29) is 25.2 Å². The van der Waals surface area contributed by atoms with Crippen molar-refractivity contribution in [1.29, 1.82) is 0 Å². The van der Waals surface area contributed by atoms with E-state index in [2.05, 4.69) is 26.2 Å². The highest BCUT2D eigenvalue weighted by Crippen LogP contribution is 2.18. The first kappa shape index (κ1) is 19.2. The van der Waals surface area contributed by atoms with Gasteiger partial charge in [-0.2, -0.15) is 0 Å². The number of likely N-dealkylation sites (tertiary alicyclic amines) is 1. The van der Waals surface area contributed by atoms with Crippen LogP contribution < -0.4 is 10.1 Å². The van der Waals surface area contributed by atoms with E-state index in [1.807, 2.05) is 36.4 Å². The minimum atomic E-state index is -0.613. The number of nitrogens with one attached hydrogen (secondary N) is 1. The lowest BCUT2D eigenvalue weighted by atomic mass is 10.2. The molecule has 1 atom stereocenters. The summed E-state index contributed by atoms with van der Waals surface area (Å²) in [4.78, 5) is 29.8. The van der Waals surface area contributed by atoms with Gasteiger partial charge in [0, 0.05) is 29.7 Å². The highest BCUT2D eigenvalue weighted by molar-refractivity contribution is 9.10. The van der Waals surface area contributed by atoms with E-state index < -0.39 is 6.09 Å². The molecule has 8 heteroatoms. The van der Waals surface area contributed by atoms with Crippen molar-refractivity contribution in [1.82, 2.24) is 15.2 Å². The summed E-state index contributed by atoms with van der Waals surface area (Å²) < 4.78 is 11.8. The van der Waals surface area contributed by atoms with E-state index in [4.69, 9.17) is 9.47 Å². The normalized spacial score (nSPS) is 16.0. The van der Waals surface area contributed by atoms with Crippen LogP contribution in [0, 0.1) is 0 Å². The number of amides is 2. The predicted molar refractivity (Wildman–Crippen MR) is 102 cm³/mol. The van der Waals surface area contributed by atoms with E-state index in [0.717, 1.165) is 16.5 Å². The van der Waals surface area contributed by atoms with Gasteiger partial charge in [0.2, 0.25) is 11.8 Å². The number of carbonyl (C=O) groups is 2. The number of nitrogens with zero attached hydrogens (tertiary/aromatic N) is 2. The van der Waals surface area contributed by atoms with E-state index >= 15 is 0 Å². The molecule has 0 aliphatic carbocycles. The highest BCUT2D eigenvalue weighted by Gasteiger charge is 2.28. The zero-order valence-corrected chi connectivity index (χ0v) is 16.2. The second-order valence-corrected chi connectivity index (χ2v) is 7.01. The van der Waals surface area contributed by atoms with Crippen molar-refractivity contribution in [3.8, 4) is 5.88 Å². The molecule has 7 nitrogen and oxygen atoms in total. The van der Waals surface area contributed by atoms with Gasteiger partial charge in [-0.05, 0) is 27.6 Å². The zero-order chi connectivity index (χ0) is 19.1. The maximum Gasteiger partial charge on any atom is 0.407 e. The molecule has 0 bridgehead atoms. The molecule has 1 aromatic heterocycles. The van der Waals surface area contributed by atoms with Crippen molar-refractivity contribution in [2.45, 2.75) is 19.1 Å². The Bertz CT molecular complexity index is 770. The van der Waals surface area contributed by atoms with Crippen molar-refractivity contribution in [2.75, 3.05) is 19.6 Å². The van der Waals surface area contributed by atoms with E-state index in [9.17, 15) is 9.59 Å². The van der Waals surface area contributed by atoms with Crippen molar-refractivity contribution < 1.29 is 19.1 Å². The molecule has 1 N–H and O–H groups in total. The number of hydrogen-bond acceptors (Lipinski definition) is 5. The van der Waals surface area contributed by atoms with E-state index in [0.29, 0.717) is 19.0 Å². The van der Waals surface area contributed by atoms with Crippen molar-refractivity contribution in [3.63, 3.8) is 0 Å². The number of aromatic nitrogens is 1. The van der Waals surface area contributed by atoms with Gasteiger partial charge in [-0.3, -0.25) is 4.79 Å². The van der Waals surface area contributed by atoms with Crippen LogP contribution in [0.1, 0.15) is 12.0 Å². The molecule has 0 radical (unpaired) electrons. The van der Waals surface area contributed by atoms with E-state index in [1.54, 1.807) is 17.2 Å². The van der Waals surface area contributed by atoms with Gasteiger partial charge in [0.1, 0.15) is 19.3 Å². The fourth-order valence-corrected chi connectivity index (χ4v) is 2.92. The van der Waals surface area contributed by atoms with Gasteiger partial charge in [-0.1, -0.05) is 30.3 Å². The maximum atomic E-state index is 12.2. The fourth-order valence-electron chi connectivity index (χ4n) is 2.69. The molecule has 142 valence electrons. The standard InChI is InChI=1S/C19H20BrN3O4/c20-15-6-7-17(21-10-15)27-16-8-9-23(12-16)18(24)11-22-19(25)26-13-14-4-2-1-3-5-14/h1-7,10,16H,8-9,11-13H2,(H,22,25). The van der Waals surface area contributed by atoms with Gasteiger partial charge in [-0.15, -0.1) is 0 Å². The summed E-state index contributed by atoms with van der Waals surface area (Å²) in [5.41, 5.74) is 0.889. The molecule has 2 heterocycles. The number of pyridine rings is 1. The molecule has 2 aromatic rings. The Balaban J connectivity index is 1.37. The molecule has 1 unspecified atom stereocenters. The molecule has 1 saturated heterocycles. The number of hydrogen-bond donors (Lipinski definition) is 1. The smallest absolute Gasteiger partial charge is 0.407 e. The molecule has 27 heavy (non-hydrogen) atoms. The second-order valence-electron chi connectivity index (χ2n) is 6.10. The van der Waals surface area contributed by atoms with Crippen molar-refractivity contribution >= 4 is 27.9 Å². The lowest BCUT2D eigenvalue weighted by molar-refractivity contribution is -0.129. The van der Waals surface area contributed by atoms with Crippen LogP contribution in [0.3, 0.4) is 0 Å². The first-order valence-electron chi connectivity index (χ1n) is 8.60. The number of halogens is 1. The molecule has 0 saturated carbocycles. The Morgan fingerprint density at radius 1 is 1.22 bits per heavy atom. The Morgan fingerprint density at radius 3 is 2.78 bits per heavy atom. The lowest BCUT2D eigenvalue weighted by Crippen LogP contribution is -2.39. The minimum Gasteiger partial charge on any atom is -0.472 e. The summed E-state index contributed by atoms with van der Waals surface area (Å²) in [6.07, 6.45) is 1.67. The average molecular weight is 434 g/mol. The second kappa shape index (κ2) is 9.36. The molecule has 1 fully saturated rings. The van der Waals surface area contributed by atoms with Crippen LogP contribution in [0.4, 0.5) is 4.79 Å². The van der Waals surface area contributed by atoms with Crippen LogP contribution in [0.25, 0.3) is 0 Å². The van der Waals surface area contributed by atoms with Crippen LogP contribution >= 0.6 is 15.9 Å². The summed E-state index contributed by atoms with van der Waals surface area (Å²) in [6, 6.07) is 13.0. The number of ether oxygens (including phenoxy) is 2. The molecule has 1 aliphatic rings. The molecule has 1 aliphatic heterocycles. The van der Waals surface area contributed by atoms with E-state index in [1.165, 1.54) is 0 Å². The van der Waals surface area contributed by atoms with Crippen molar-refractivity contribution in [2.24, 2.45) is 0 Å². The topological polar surface area (TPSA) is 80.8 Å². The predicted octanol–water partition coefficient (Wildman–Crippen LogP) is 2.75. The molecular weight excluding hydrogens is 414 g/mol. The quantitative estimate of drug-likeness (QED) is 0.757. The Hall–Kier alpha value is -2.61.